The molecule has 1 aliphatic heterocycles. The van der Waals surface area contributed by atoms with Gasteiger partial charge in [-0.25, -0.2) is 4.99 Å². The molecule has 0 bridgehead atoms. The quantitative estimate of drug-likeness (QED) is 0.635. The summed E-state index contributed by atoms with van der Waals surface area (Å²) in [4.78, 5) is 4.78. The highest BCUT2D eigenvalue weighted by molar-refractivity contribution is 5.80. The smallest absolute Gasteiger partial charge is 0.191 e. The largest absolute Gasteiger partial charge is 0.357 e. The number of hydrogen-bond donors (Lipinski definition) is 2. The number of aryl methyl sites for hydroxylation is 1. The van der Waals surface area contributed by atoms with Crippen molar-refractivity contribution in [3.63, 3.8) is 0 Å². The van der Waals surface area contributed by atoms with Gasteiger partial charge in [-0.15, -0.1) is 10.2 Å². The van der Waals surface area contributed by atoms with Crippen molar-refractivity contribution >= 4 is 5.96 Å². The van der Waals surface area contributed by atoms with E-state index in [2.05, 4.69) is 46.2 Å². The molecule has 6 heteroatoms. The second-order valence-corrected chi connectivity index (χ2v) is 7.84. The van der Waals surface area contributed by atoms with Crippen LogP contribution in [-0.4, -0.2) is 33.3 Å². The van der Waals surface area contributed by atoms with Gasteiger partial charge in [-0.05, 0) is 57.3 Å². The molecule has 2 heterocycles. The third-order valence-corrected chi connectivity index (χ3v) is 5.71. The van der Waals surface area contributed by atoms with Gasteiger partial charge in [0.15, 0.2) is 11.8 Å². The predicted octanol–water partition coefficient (Wildman–Crippen LogP) is 2.88. The standard InChI is InChI=1S/C19H34N6/c1-4-20-19(22-16-10-8-15(9-11-16)14(2)3)21-13-18-24-23-17-7-5-6-12-25(17)18/h14-16H,4-13H2,1-3H3,(H2,20,21,22). The molecule has 25 heavy (non-hydrogen) atoms. The molecular weight excluding hydrogens is 312 g/mol. The predicted molar refractivity (Wildman–Crippen MR) is 101 cm³/mol. The summed E-state index contributed by atoms with van der Waals surface area (Å²) < 4.78 is 2.25. The molecule has 0 spiro atoms. The summed E-state index contributed by atoms with van der Waals surface area (Å²) >= 11 is 0. The van der Waals surface area contributed by atoms with E-state index < -0.39 is 0 Å². The van der Waals surface area contributed by atoms with Crippen LogP contribution in [0.5, 0.6) is 0 Å². The Morgan fingerprint density at radius 1 is 1.20 bits per heavy atom. The van der Waals surface area contributed by atoms with Gasteiger partial charge in [0, 0.05) is 25.6 Å². The van der Waals surface area contributed by atoms with Crippen molar-refractivity contribution in [2.45, 2.75) is 84.8 Å². The van der Waals surface area contributed by atoms with E-state index in [-0.39, 0.29) is 0 Å². The average molecular weight is 347 g/mol. The number of aromatic nitrogens is 3. The first-order valence-corrected chi connectivity index (χ1v) is 10.1. The van der Waals surface area contributed by atoms with E-state index in [1.54, 1.807) is 0 Å². The number of fused-ring (bicyclic) bond motifs is 1. The molecule has 1 fully saturated rings. The van der Waals surface area contributed by atoms with Crippen LogP contribution in [0.25, 0.3) is 0 Å². The van der Waals surface area contributed by atoms with E-state index in [0.717, 1.165) is 49.0 Å². The lowest BCUT2D eigenvalue weighted by Gasteiger charge is -2.32. The zero-order valence-corrected chi connectivity index (χ0v) is 16.1. The minimum absolute atomic E-state index is 0.542. The van der Waals surface area contributed by atoms with Crippen LogP contribution in [0.3, 0.4) is 0 Å². The average Bonchev–Trinajstić information content (AvgIpc) is 3.03. The fourth-order valence-electron chi connectivity index (χ4n) is 4.08. The number of guanidine groups is 1. The Bertz CT molecular complexity index is 568. The van der Waals surface area contributed by atoms with Gasteiger partial charge in [0.2, 0.25) is 0 Å². The van der Waals surface area contributed by atoms with Crippen LogP contribution in [0.15, 0.2) is 4.99 Å². The lowest BCUT2D eigenvalue weighted by Crippen LogP contribution is -2.45. The van der Waals surface area contributed by atoms with Crippen LogP contribution in [0, 0.1) is 11.8 Å². The van der Waals surface area contributed by atoms with Crippen molar-refractivity contribution in [3.8, 4) is 0 Å². The van der Waals surface area contributed by atoms with E-state index >= 15 is 0 Å². The molecule has 3 rings (SSSR count). The van der Waals surface area contributed by atoms with Crippen molar-refractivity contribution in [2.24, 2.45) is 16.8 Å². The van der Waals surface area contributed by atoms with Gasteiger partial charge in [-0.3, -0.25) is 0 Å². The number of nitrogens with zero attached hydrogens (tertiary/aromatic N) is 4. The maximum absolute atomic E-state index is 4.78. The Balaban J connectivity index is 1.57. The van der Waals surface area contributed by atoms with Crippen LogP contribution in [-0.2, 0) is 19.5 Å². The maximum Gasteiger partial charge on any atom is 0.191 e. The Morgan fingerprint density at radius 3 is 2.72 bits per heavy atom. The van der Waals surface area contributed by atoms with Gasteiger partial charge in [0.05, 0.1) is 0 Å². The van der Waals surface area contributed by atoms with Crippen LogP contribution >= 0.6 is 0 Å². The molecule has 1 saturated carbocycles. The zero-order chi connectivity index (χ0) is 17.6. The van der Waals surface area contributed by atoms with Crippen molar-refractivity contribution < 1.29 is 0 Å². The van der Waals surface area contributed by atoms with E-state index in [1.165, 1.54) is 38.5 Å². The van der Waals surface area contributed by atoms with Gasteiger partial charge in [-0.1, -0.05) is 13.8 Å². The molecule has 1 aliphatic carbocycles. The zero-order valence-electron chi connectivity index (χ0n) is 16.1. The molecule has 0 saturated heterocycles. The van der Waals surface area contributed by atoms with Gasteiger partial charge < -0.3 is 15.2 Å². The second kappa shape index (κ2) is 8.68. The maximum atomic E-state index is 4.78. The highest BCUT2D eigenvalue weighted by Crippen LogP contribution is 2.29. The molecular formula is C19H34N6. The van der Waals surface area contributed by atoms with E-state index in [0.29, 0.717) is 12.6 Å². The summed E-state index contributed by atoms with van der Waals surface area (Å²) in [7, 11) is 0. The normalized spacial score (nSPS) is 24.2. The highest BCUT2D eigenvalue weighted by atomic mass is 15.3. The van der Waals surface area contributed by atoms with E-state index in [1.807, 2.05) is 0 Å². The van der Waals surface area contributed by atoms with Crippen molar-refractivity contribution in [2.75, 3.05) is 6.54 Å². The number of hydrogen-bond acceptors (Lipinski definition) is 3. The first-order chi connectivity index (χ1) is 12.2. The fraction of sp³-hybridized carbons (Fsp3) is 0.842. The Hall–Kier alpha value is -1.59. The van der Waals surface area contributed by atoms with Gasteiger partial charge in [0.25, 0.3) is 0 Å². The molecule has 0 atom stereocenters. The summed E-state index contributed by atoms with van der Waals surface area (Å²) in [6, 6.07) is 0.542. The molecule has 140 valence electrons. The molecule has 0 radical (unpaired) electrons. The van der Waals surface area contributed by atoms with Gasteiger partial charge in [0.1, 0.15) is 12.4 Å². The Morgan fingerprint density at radius 2 is 2.00 bits per heavy atom. The number of nitrogens with one attached hydrogen (secondary N) is 2. The van der Waals surface area contributed by atoms with Crippen molar-refractivity contribution in [1.29, 1.82) is 0 Å². The third kappa shape index (κ3) is 4.73. The topological polar surface area (TPSA) is 67.1 Å². The summed E-state index contributed by atoms with van der Waals surface area (Å²) in [6.45, 7) is 9.34. The minimum atomic E-state index is 0.542. The lowest BCUT2D eigenvalue weighted by molar-refractivity contribution is 0.250. The van der Waals surface area contributed by atoms with Gasteiger partial charge in [-0.2, -0.15) is 0 Å². The van der Waals surface area contributed by atoms with Crippen LogP contribution in [0.2, 0.25) is 0 Å². The fourth-order valence-corrected chi connectivity index (χ4v) is 4.08. The van der Waals surface area contributed by atoms with E-state index in [4.69, 9.17) is 4.99 Å². The number of rotatable bonds is 5. The minimum Gasteiger partial charge on any atom is -0.357 e. The molecule has 2 aliphatic rings. The Kier molecular flexibility index (Phi) is 6.32. The molecule has 6 nitrogen and oxygen atoms in total. The molecule has 0 aromatic carbocycles. The molecule has 2 N–H and O–H groups in total. The van der Waals surface area contributed by atoms with Gasteiger partial charge >= 0.3 is 0 Å². The second-order valence-electron chi connectivity index (χ2n) is 7.84. The molecule has 1 aromatic rings. The van der Waals surface area contributed by atoms with Crippen molar-refractivity contribution in [3.05, 3.63) is 11.6 Å². The lowest BCUT2D eigenvalue weighted by atomic mass is 9.80. The molecule has 0 unspecified atom stereocenters. The summed E-state index contributed by atoms with van der Waals surface area (Å²) in [5.74, 6) is 4.74. The highest BCUT2D eigenvalue weighted by Gasteiger charge is 2.23. The van der Waals surface area contributed by atoms with Crippen LogP contribution in [0.1, 0.15) is 70.9 Å². The molecule has 0 amide bonds. The monoisotopic (exact) mass is 346 g/mol. The molecule has 1 aromatic heterocycles. The first kappa shape index (κ1) is 18.2. The summed E-state index contributed by atoms with van der Waals surface area (Å²) in [6.07, 6.45) is 8.64. The summed E-state index contributed by atoms with van der Waals surface area (Å²) in [5.41, 5.74) is 0. The van der Waals surface area contributed by atoms with E-state index in [9.17, 15) is 0 Å². The first-order valence-electron chi connectivity index (χ1n) is 10.1. The van der Waals surface area contributed by atoms with Crippen LogP contribution < -0.4 is 10.6 Å². The van der Waals surface area contributed by atoms with Crippen molar-refractivity contribution in [1.82, 2.24) is 25.4 Å². The Labute approximate surface area is 151 Å². The number of aliphatic imine (C=N–C) groups is 1. The SMILES string of the molecule is CCNC(=NCc1nnc2n1CCCC2)NC1CCC(C(C)C)CC1. The summed E-state index contributed by atoms with van der Waals surface area (Å²) in [5, 5.41) is 15.7. The third-order valence-electron chi connectivity index (χ3n) is 5.71. The van der Waals surface area contributed by atoms with Crippen LogP contribution in [0.4, 0.5) is 0 Å².